The molecular weight excluding hydrogens is 272 g/mol. The monoisotopic (exact) mass is 294 g/mol. The lowest BCUT2D eigenvalue weighted by Crippen LogP contribution is -2.44. The zero-order valence-electron chi connectivity index (χ0n) is 12.2. The molecule has 0 radical (unpaired) electrons. The van der Waals surface area contributed by atoms with Crippen LogP contribution in [0.4, 0.5) is 10.5 Å². The normalized spacial score (nSPS) is 10.1. The molecule has 1 aromatic rings. The number of rotatable bonds is 9. The number of hydrogen-bond acceptors (Lipinski definition) is 3. The average Bonchev–Trinajstić information content (AvgIpc) is 2.49. The first-order valence-corrected chi connectivity index (χ1v) is 7.05. The second-order valence-corrected chi connectivity index (χ2v) is 4.51. The van der Waals surface area contributed by atoms with Gasteiger partial charge in [-0.2, -0.15) is 0 Å². The molecular formula is C15H22N2O4. The summed E-state index contributed by atoms with van der Waals surface area (Å²) in [6.45, 7) is 3.14. The molecule has 0 aliphatic carbocycles. The molecule has 0 atom stereocenters. The van der Waals surface area contributed by atoms with Gasteiger partial charge in [0.25, 0.3) is 0 Å². The molecule has 116 valence electrons. The molecule has 0 bridgehead atoms. The van der Waals surface area contributed by atoms with Gasteiger partial charge in [0.1, 0.15) is 6.54 Å². The minimum Gasteiger partial charge on any atom is -0.480 e. The van der Waals surface area contributed by atoms with Crippen molar-refractivity contribution in [2.75, 3.05) is 31.2 Å². The average molecular weight is 294 g/mol. The molecule has 1 rings (SSSR count). The molecule has 0 unspecified atom stereocenters. The molecule has 0 aromatic heterocycles. The molecule has 6 heteroatoms. The van der Waals surface area contributed by atoms with E-state index in [1.54, 1.807) is 24.3 Å². The van der Waals surface area contributed by atoms with Gasteiger partial charge >= 0.3 is 12.0 Å². The maximum atomic E-state index is 12.1. The Hall–Kier alpha value is -2.08. The zero-order chi connectivity index (χ0) is 15.5. The van der Waals surface area contributed by atoms with Crippen LogP contribution in [0, 0.1) is 0 Å². The number of carboxylic acid groups (broad SMARTS) is 1. The predicted octanol–water partition coefficient (Wildman–Crippen LogP) is 2.10. The van der Waals surface area contributed by atoms with Crippen molar-refractivity contribution < 1.29 is 19.4 Å². The number of nitrogens with one attached hydrogen (secondary N) is 1. The highest BCUT2D eigenvalue weighted by molar-refractivity contribution is 5.96. The van der Waals surface area contributed by atoms with Crippen LogP contribution in [0.25, 0.3) is 0 Å². The van der Waals surface area contributed by atoms with Crippen molar-refractivity contribution in [2.24, 2.45) is 0 Å². The highest BCUT2D eigenvalue weighted by atomic mass is 16.5. The molecule has 6 nitrogen and oxygen atoms in total. The summed E-state index contributed by atoms with van der Waals surface area (Å²) in [6.07, 6.45) is 2.05. The molecule has 0 aliphatic heterocycles. The summed E-state index contributed by atoms with van der Waals surface area (Å²) in [6, 6.07) is 8.27. The highest BCUT2D eigenvalue weighted by Gasteiger charge is 2.17. The van der Waals surface area contributed by atoms with E-state index in [0.29, 0.717) is 25.4 Å². The van der Waals surface area contributed by atoms with Crippen molar-refractivity contribution in [1.29, 1.82) is 0 Å². The predicted molar refractivity (Wildman–Crippen MR) is 80.5 cm³/mol. The van der Waals surface area contributed by atoms with Gasteiger partial charge in [-0.25, -0.2) is 4.79 Å². The Morgan fingerprint density at radius 3 is 2.57 bits per heavy atom. The molecule has 1 aromatic carbocycles. The minimum atomic E-state index is -1.06. The molecule has 2 N–H and O–H groups in total. The standard InChI is InChI=1S/C15H22N2O4/c1-2-3-10-21-11-9-16-15(20)17(12-14(18)19)13-7-5-4-6-8-13/h4-8H,2-3,9-12H2,1H3,(H,16,20)(H,18,19). The summed E-state index contributed by atoms with van der Waals surface area (Å²) in [5.41, 5.74) is 0.546. The van der Waals surface area contributed by atoms with Crippen LogP contribution in [-0.4, -0.2) is 43.4 Å². The van der Waals surface area contributed by atoms with Gasteiger partial charge in [-0.05, 0) is 18.6 Å². The Balaban J connectivity index is 2.47. The van der Waals surface area contributed by atoms with Gasteiger partial charge in [-0.15, -0.1) is 0 Å². The zero-order valence-corrected chi connectivity index (χ0v) is 12.2. The number of unbranched alkanes of at least 4 members (excludes halogenated alkanes) is 1. The van der Waals surface area contributed by atoms with Crippen molar-refractivity contribution in [2.45, 2.75) is 19.8 Å². The molecule has 0 spiro atoms. The van der Waals surface area contributed by atoms with E-state index in [4.69, 9.17) is 9.84 Å². The number of carbonyl (C=O) groups is 2. The SMILES string of the molecule is CCCCOCCNC(=O)N(CC(=O)O)c1ccccc1. The number of hydrogen-bond donors (Lipinski definition) is 2. The van der Waals surface area contributed by atoms with E-state index < -0.39 is 12.0 Å². The summed E-state index contributed by atoms with van der Waals surface area (Å²) in [5.74, 6) is -1.06. The Bertz CT molecular complexity index is 437. The van der Waals surface area contributed by atoms with E-state index in [-0.39, 0.29) is 6.54 Å². The lowest BCUT2D eigenvalue weighted by molar-refractivity contribution is -0.135. The maximum absolute atomic E-state index is 12.1. The van der Waals surface area contributed by atoms with Gasteiger partial charge in [0, 0.05) is 18.8 Å². The van der Waals surface area contributed by atoms with Gasteiger partial charge in [0.05, 0.1) is 6.61 Å². The van der Waals surface area contributed by atoms with Crippen LogP contribution in [-0.2, 0) is 9.53 Å². The molecule has 2 amide bonds. The summed E-state index contributed by atoms with van der Waals surface area (Å²) in [4.78, 5) is 24.1. The number of anilines is 1. The first-order valence-electron chi connectivity index (χ1n) is 7.05. The van der Waals surface area contributed by atoms with Crippen LogP contribution in [0.3, 0.4) is 0 Å². The summed E-state index contributed by atoms with van der Waals surface area (Å²) >= 11 is 0. The number of carboxylic acids is 1. The Kier molecular flexibility index (Phi) is 7.89. The van der Waals surface area contributed by atoms with Gasteiger partial charge in [0.2, 0.25) is 0 Å². The Morgan fingerprint density at radius 1 is 1.24 bits per heavy atom. The number of benzene rings is 1. The second kappa shape index (κ2) is 9.77. The van der Waals surface area contributed by atoms with Gasteiger partial charge < -0.3 is 15.2 Å². The highest BCUT2D eigenvalue weighted by Crippen LogP contribution is 2.12. The second-order valence-electron chi connectivity index (χ2n) is 4.51. The van der Waals surface area contributed by atoms with Crippen LogP contribution in [0.2, 0.25) is 0 Å². The molecule has 0 saturated heterocycles. The van der Waals surface area contributed by atoms with E-state index in [2.05, 4.69) is 12.2 Å². The number of amides is 2. The quantitative estimate of drug-likeness (QED) is 0.684. The molecule has 0 saturated carbocycles. The number of para-hydroxylation sites is 1. The number of ether oxygens (including phenoxy) is 1. The van der Waals surface area contributed by atoms with Crippen molar-refractivity contribution in [1.82, 2.24) is 5.32 Å². The molecule has 0 heterocycles. The van der Waals surface area contributed by atoms with E-state index in [0.717, 1.165) is 12.8 Å². The topological polar surface area (TPSA) is 78.9 Å². The van der Waals surface area contributed by atoms with E-state index in [1.807, 2.05) is 6.07 Å². The van der Waals surface area contributed by atoms with Gasteiger partial charge in [-0.3, -0.25) is 9.69 Å². The summed E-state index contributed by atoms with van der Waals surface area (Å²) in [5, 5.41) is 11.6. The van der Waals surface area contributed by atoms with E-state index in [9.17, 15) is 9.59 Å². The molecule has 21 heavy (non-hydrogen) atoms. The lowest BCUT2D eigenvalue weighted by atomic mass is 10.3. The smallest absolute Gasteiger partial charge is 0.323 e. The third-order valence-electron chi connectivity index (χ3n) is 2.77. The van der Waals surface area contributed by atoms with Crippen LogP contribution < -0.4 is 10.2 Å². The van der Waals surface area contributed by atoms with Crippen LogP contribution in [0.5, 0.6) is 0 Å². The van der Waals surface area contributed by atoms with Crippen molar-refractivity contribution in [3.05, 3.63) is 30.3 Å². The third-order valence-corrected chi connectivity index (χ3v) is 2.77. The van der Waals surface area contributed by atoms with Gasteiger partial charge in [-0.1, -0.05) is 31.5 Å². The van der Waals surface area contributed by atoms with Crippen molar-refractivity contribution >= 4 is 17.7 Å². The van der Waals surface area contributed by atoms with Crippen molar-refractivity contribution in [3.8, 4) is 0 Å². The molecule has 0 fully saturated rings. The fourth-order valence-electron chi connectivity index (χ4n) is 1.70. The van der Waals surface area contributed by atoms with Crippen LogP contribution in [0.1, 0.15) is 19.8 Å². The number of nitrogens with zero attached hydrogens (tertiary/aromatic N) is 1. The maximum Gasteiger partial charge on any atom is 0.323 e. The largest absolute Gasteiger partial charge is 0.480 e. The number of aliphatic carboxylic acids is 1. The Labute approximate surface area is 124 Å². The third kappa shape index (κ3) is 6.76. The fraction of sp³-hybridized carbons (Fsp3) is 0.467. The number of carbonyl (C=O) groups excluding carboxylic acids is 1. The summed E-state index contributed by atoms with van der Waals surface area (Å²) < 4.78 is 5.34. The van der Waals surface area contributed by atoms with E-state index >= 15 is 0 Å². The van der Waals surface area contributed by atoms with Crippen LogP contribution in [0.15, 0.2) is 30.3 Å². The van der Waals surface area contributed by atoms with Crippen molar-refractivity contribution in [3.63, 3.8) is 0 Å². The van der Waals surface area contributed by atoms with E-state index in [1.165, 1.54) is 4.90 Å². The fourth-order valence-corrected chi connectivity index (χ4v) is 1.70. The lowest BCUT2D eigenvalue weighted by Gasteiger charge is -2.21. The Morgan fingerprint density at radius 2 is 1.95 bits per heavy atom. The first-order chi connectivity index (χ1) is 10.1. The summed E-state index contributed by atoms with van der Waals surface area (Å²) in [7, 11) is 0. The van der Waals surface area contributed by atoms with Gasteiger partial charge in [0.15, 0.2) is 0 Å². The molecule has 0 aliphatic rings. The minimum absolute atomic E-state index is 0.353. The number of urea groups is 1. The van der Waals surface area contributed by atoms with Crippen LogP contribution >= 0.6 is 0 Å². The first kappa shape index (κ1) is 17.0.